The molecule has 0 fully saturated rings. The number of nitrogens with zero attached hydrogens (tertiary/aromatic N) is 2. The molecule has 0 spiro atoms. The third-order valence-electron chi connectivity index (χ3n) is 12.6. The van der Waals surface area contributed by atoms with Gasteiger partial charge >= 0.3 is 0 Å². The van der Waals surface area contributed by atoms with Crippen LogP contribution in [-0.2, 0) is 5.41 Å². The summed E-state index contributed by atoms with van der Waals surface area (Å²) in [6, 6.07) is 96.8. The van der Waals surface area contributed by atoms with Gasteiger partial charge in [-0.15, -0.1) is 0 Å². The molecule has 2 nitrogen and oxygen atoms in total. The van der Waals surface area contributed by atoms with Gasteiger partial charge in [0.15, 0.2) is 0 Å². The summed E-state index contributed by atoms with van der Waals surface area (Å²) in [5, 5.41) is 2.53. The maximum absolute atomic E-state index is 2.40. The first-order valence-electron chi connectivity index (χ1n) is 21.7. The molecular formula is C61H44N2. The minimum atomic E-state index is -0.534. The van der Waals surface area contributed by atoms with Gasteiger partial charge in [0.2, 0.25) is 0 Å². The number of benzene rings is 10. The van der Waals surface area contributed by atoms with Crippen LogP contribution in [0.25, 0.3) is 49.7 Å². The van der Waals surface area contributed by atoms with Crippen molar-refractivity contribution in [3.05, 3.63) is 289 Å². The summed E-state index contributed by atoms with van der Waals surface area (Å²) in [5.74, 6) is 0. The van der Waals surface area contributed by atoms with Gasteiger partial charge in [0, 0.05) is 33.4 Å². The average molecular weight is 805 g/mol. The van der Waals surface area contributed by atoms with Crippen LogP contribution in [0.3, 0.4) is 0 Å². The lowest BCUT2D eigenvalue weighted by Crippen LogP contribution is -2.31. The van der Waals surface area contributed by atoms with Crippen LogP contribution in [0.4, 0.5) is 17.1 Å². The van der Waals surface area contributed by atoms with Crippen LogP contribution in [-0.4, -0.2) is 4.57 Å². The highest BCUT2D eigenvalue weighted by Gasteiger charge is 2.38. The van der Waals surface area contributed by atoms with Crippen LogP contribution >= 0.6 is 0 Å². The van der Waals surface area contributed by atoms with Crippen molar-refractivity contribution >= 4 is 38.9 Å². The molecule has 0 saturated carbocycles. The SMILES string of the molecule is c1ccc(-c2ccccc2N(c2ccc(-c3ccc(-n4c5ccccc5c5ccccc54)cc3)cc2)c2ccc(C(c3ccccc3)(c3ccccc3)c3ccccc3)cc2)cc1. The van der Waals surface area contributed by atoms with Crippen LogP contribution < -0.4 is 4.90 Å². The highest BCUT2D eigenvalue weighted by atomic mass is 15.1. The average Bonchev–Trinajstić information content (AvgIpc) is 3.71. The fraction of sp³-hybridized carbons (Fsp3) is 0.0164. The molecule has 2 heteroatoms. The van der Waals surface area contributed by atoms with Gasteiger partial charge < -0.3 is 9.47 Å². The van der Waals surface area contributed by atoms with Crippen molar-refractivity contribution in [2.75, 3.05) is 4.90 Å². The number of hydrogen-bond acceptors (Lipinski definition) is 1. The molecule has 0 aliphatic heterocycles. The zero-order chi connectivity index (χ0) is 42.0. The van der Waals surface area contributed by atoms with E-state index in [0.29, 0.717) is 0 Å². The molecule has 0 N–H and O–H groups in total. The minimum absolute atomic E-state index is 0.534. The Morgan fingerprint density at radius 1 is 0.286 bits per heavy atom. The standard InChI is InChI=1S/C61H44N2/c1-5-19-47(20-6-1)55-27-13-16-30-58(55)62(53-43-37-51(38-44-53)61(48-21-7-2-8-22-48,49-23-9-3-10-24-49)50-25-11-4-12-26-50)52-39-33-45(34-40-52)46-35-41-54(42-36-46)63-59-31-17-14-28-56(59)57-29-15-18-32-60(57)63/h1-44H. The third kappa shape index (κ3) is 6.70. The number of anilines is 3. The van der Waals surface area contributed by atoms with E-state index in [-0.39, 0.29) is 0 Å². The maximum atomic E-state index is 2.40. The summed E-state index contributed by atoms with van der Waals surface area (Å²) < 4.78 is 2.37. The fourth-order valence-corrected chi connectivity index (χ4v) is 9.69. The molecule has 1 aromatic heterocycles. The Hall–Kier alpha value is -8.20. The molecular weight excluding hydrogens is 761 g/mol. The number of rotatable bonds is 10. The molecule has 0 atom stereocenters. The van der Waals surface area contributed by atoms with E-state index in [2.05, 4.69) is 276 Å². The Balaban J connectivity index is 1.01. The van der Waals surface area contributed by atoms with Gasteiger partial charge in [-0.05, 0) is 93.5 Å². The molecule has 0 aliphatic rings. The lowest BCUT2D eigenvalue weighted by atomic mass is 9.65. The van der Waals surface area contributed by atoms with E-state index in [0.717, 1.165) is 28.3 Å². The highest BCUT2D eigenvalue weighted by molar-refractivity contribution is 6.09. The lowest BCUT2D eigenvalue weighted by molar-refractivity contribution is 0.745. The first-order chi connectivity index (χ1) is 31.3. The zero-order valence-corrected chi connectivity index (χ0v) is 34.8. The van der Waals surface area contributed by atoms with Crippen molar-refractivity contribution in [1.82, 2.24) is 4.57 Å². The van der Waals surface area contributed by atoms with Crippen LogP contribution in [0, 0.1) is 0 Å². The van der Waals surface area contributed by atoms with Crippen molar-refractivity contribution < 1.29 is 0 Å². The van der Waals surface area contributed by atoms with E-state index in [1.165, 1.54) is 60.8 Å². The van der Waals surface area contributed by atoms with Gasteiger partial charge in [0.25, 0.3) is 0 Å². The second-order valence-electron chi connectivity index (χ2n) is 16.1. The maximum Gasteiger partial charge on any atom is 0.0701 e. The molecule has 11 rings (SSSR count). The Morgan fingerprint density at radius 2 is 0.667 bits per heavy atom. The summed E-state index contributed by atoms with van der Waals surface area (Å²) in [4.78, 5) is 2.40. The van der Waals surface area contributed by atoms with E-state index in [1.807, 2.05) is 0 Å². The molecule has 0 unspecified atom stereocenters. The smallest absolute Gasteiger partial charge is 0.0701 e. The van der Waals surface area contributed by atoms with Crippen molar-refractivity contribution in [3.8, 4) is 27.9 Å². The second-order valence-corrected chi connectivity index (χ2v) is 16.1. The van der Waals surface area contributed by atoms with Crippen molar-refractivity contribution in [3.63, 3.8) is 0 Å². The van der Waals surface area contributed by atoms with Crippen molar-refractivity contribution in [1.29, 1.82) is 0 Å². The van der Waals surface area contributed by atoms with E-state index < -0.39 is 5.41 Å². The van der Waals surface area contributed by atoms with Gasteiger partial charge in [-0.25, -0.2) is 0 Å². The van der Waals surface area contributed by atoms with Gasteiger partial charge in [0.05, 0.1) is 22.1 Å². The van der Waals surface area contributed by atoms with Crippen molar-refractivity contribution in [2.24, 2.45) is 0 Å². The normalized spacial score (nSPS) is 11.5. The fourth-order valence-electron chi connectivity index (χ4n) is 9.69. The second kappa shape index (κ2) is 16.3. The third-order valence-corrected chi connectivity index (χ3v) is 12.6. The van der Waals surface area contributed by atoms with E-state index in [1.54, 1.807) is 0 Å². The first-order valence-corrected chi connectivity index (χ1v) is 21.7. The number of fused-ring (bicyclic) bond motifs is 3. The lowest BCUT2D eigenvalue weighted by Gasteiger charge is -2.37. The molecule has 0 bridgehead atoms. The molecule has 0 amide bonds. The van der Waals surface area contributed by atoms with E-state index >= 15 is 0 Å². The van der Waals surface area contributed by atoms with Gasteiger partial charge in [-0.3, -0.25) is 0 Å². The number of hydrogen-bond donors (Lipinski definition) is 0. The van der Waals surface area contributed by atoms with Gasteiger partial charge in [0.1, 0.15) is 0 Å². The predicted octanol–water partition coefficient (Wildman–Crippen LogP) is 16.0. The minimum Gasteiger partial charge on any atom is -0.310 e. The van der Waals surface area contributed by atoms with E-state index in [9.17, 15) is 0 Å². The molecule has 0 aliphatic carbocycles. The van der Waals surface area contributed by atoms with Crippen LogP contribution in [0.5, 0.6) is 0 Å². The number of para-hydroxylation sites is 3. The molecule has 10 aromatic carbocycles. The van der Waals surface area contributed by atoms with Crippen LogP contribution in [0.15, 0.2) is 267 Å². The Kier molecular flexibility index (Phi) is 9.80. The van der Waals surface area contributed by atoms with Crippen molar-refractivity contribution in [2.45, 2.75) is 5.41 Å². The highest BCUT2D eigenvalue weighted by Crippen LogP contribution is 2.47. The first kappa shape index (κ1) is 37.8. The summed E-state index contributed by atoms with van der Waals surface area (Å²) in [5.41, 5.74) is 15.9. The summed E-state index contributed by atoms with van der Waals surface area (Å²) >= 11 is 0. The zero-order valence-electron chi connectivity index (χ0n) is 34.8. The van der Waals surface area contributed by atoms with E-state index in [4.69, 9.17) is 0 Å². The molecule has 0 saturated heterocycles. The van der Waals surface area contributed by atoms with Crippen LogP contribution in [0.1, 0.15) is 22.3 Å². The number of aromatic nitrogens is 1. The molecule has 11 aromatic rings. The largest absolute Gasteiger partial charge is 0.310 e. The topological polar surface area (TPSA) is 8.17 Å². The Bertz CT molecular complexity index is 3130. The quantitative estimate of drug-likeness (QED) is 0.125. The summed E-state index contributed by atoms with van der Waals surface area (Å²) in [6.07, 6.45) is 0. The molecule has 298 valence electrons. The summed E-state index contributed by atoms with van der Waals surface area (Å²) in [6.45, 7) is 0. The molecule has 63 heavy (non-hydrogen) atoms. The van der Waals surface area contributed by atoms with Crippen LogP contribution in [0.2, 0.25) is 0 Å². The molecule has 0 radical (unpaired) electrons. The van der Waals surface area contributed by atoms with Gasteiger partial charge in [-0.2, -0.15) is 0 Å². The van der Waals surface area contributed by atoms with Gasteiger partial charge in [-0.1, -0.05) is 212 Å². The molecule has 1 heterocycles. The Labute approximate surface area is 369 Å². The Morgan fingerprint density at radius 3 is 1.17 bits per heavy atom. The predicted molar refractivity (Wildman–Crippen MR) is 265 cm³/mol. The summed E-state index contributed by atoms with van der Waals surface area (Å²) in [7, 11) is 0. The monoisotopic (exact) mass is 804 g/mol.